The Labute approximate surface area is 153 Å². The zero-order chi connectivity index (χ0) is 18.5. The molecule has 0 bridgehead atoms. The lowest BCUT2D eigenvalue weighted by molar-refractivity contribution is -0.118. The van der Waals surface area contributed by atoms with Crippen molar-refractivity contribution >= 4 is 34.1 Å². The molecule has 3 aromatic rings. The summed E-state index contributed by atoms with van der Waals surface area (Å²) < 4.78 is 7.03. The summed E-state index contributed by atoms with van der Waals surface area (Å²) in [6.07, 6.45) is 1.46. The maximum Gasteiger partial charge on any atom is 0.261 e. The molecular formula is C18H16ClN3O4. The van der Waals surface area contributed by atoms with Crippen LogP contribution in [0.1, 0.15) is 0 Å². The number of aromatic nitrogens is 2. The fraction of sp³-hybridized carbons (Fsp3) is 0.167. The molecule has 0 aliphatic rings. The molecule has 8 heteroatoms. The van der Waals surface area contributed by atoms with Crippen LogP contribution in [0.5, 0.6) is 5.75 Å². The van der Waals surface area contributed by atoms with Crippen molar-refractivity contribution in [1.29, 1.82) is 0 Å². The van der Waals surface area contributed by atoms with Crippen LogP contribution in [-0.2, 0) is 11.3 Å². The Bertz CT molecular complexity index is 1000. The van der Waals surface area contributed by atoms with E-state index in [2.05, 4.69) is 10.3 Å². The smallest absolute Gasteiger partial charge is 0.261 e. The highest BCUT2D eigenvalue weighted by atomic mass is 35.5. The van der Waals surface area contributed by atoms with Crippen molar-refractivity contribution in [3.05, 3.63) is 64.2 Å². The summed E-state index contributed by atoms with van der Waals surface area (Å²) in [5, 5.41) is 12.2. The Morgan fingerprint density at radius 2 is 2.12 bits per heavy atom. The van der Waals surface area contributed by atoms with E-state index in [9.17, 15) is 9.59 Å². The quantitative estimate of drug-likeness (QED) is 0.689. The zero-order valence-corrected chi connectivity index (χ0v) is 14.4. The highest BCUT2D eigenvalue weighted by Gasteiger charge is 2.07. The normalized spacial score (nSPS) is 10.7. The molecule has 134 valence electrons. The number of hydrogen-bond acceptors (Lipinski definition) is 5. The number of anilines is 1. The maximum absolute atomic E-state index is 12.6. The largest absolute Gasteiger partial charge is 0.492 e. The Morgan fingerprint density at radius 1 is 1.27 bits per heavy atom. The van der Waals surface area contributed by atoms with E-state index in [1.165, 1.54) is 17.0 Å². The van der Waals surface area contributed by atoms with Crippen molar-refractivity contribution in [2.24, 2.45) is 0 Å². The van der Waals surface area contributed by atoms with Crippen molar-refractivity contribution in [3.8, 4) is 5.75 Å². The van der Waals surface area contributed by atoms with Gasteiger partial charge in [-0.15, -0.1) is 0 Å². The van der Waals surface area contributed by atoms with Crippen molar-refractivity contribution in [2.45, 2.75) is 6.54 Å². The number of carbonyl (C=O) groups is 1. The molecule has 2 aromatic carbocycles. The number of carbonyl (C=O) groups excluding carboxylic acids is 1. The van der Waals surface area contributed by atoms with E-state index in [1.807, 2.05) is 0 Å². The van der Waals surface area contributed by atoms with Gasteiger partial charge in [-0.1, -0.05) is 17.7 Å². The Morgan fingerprint density at radius 3 is 2.88 bits per heavy atom. The molecule has 0 saturated carbocycles. The molecule has 1 amide bonds. The average molecular weight is 374 g/mol. The highest BCUT2D eigenvalue weighted by Crippen LogP contribution is 2.17. The fourth-order valence-electron chi connectivity index (χ4n) is 2.42. The second-order valence-electron chi connectivity index (χ2n) is 5.49. The van der Waals surface area contributed by atoms with Gasteiger partial charge in [0.05, 0.1) is 23.8 Å². The molecule has 0 saturated heterocycles. The van der Waals surface area contributed by atoms with Gasteiger partial charge in [0, 0.05) is 10.7 Å². The first-order valence-electron chi connectivity index (χ1n) is 7.85. The number of amides is 1. The van der Waals surface area contributed by atoms with Gasteiger partial charge in [0.2, 0.25) is 5.91 Å². The number of nitrogens with one attached hydrogen (secondary N) is 1. The third kappa shape index (κ3) is 4.19. The summed E-state index contributed by atoms with van der Waals surface area (Å²) in [5.74, 6) is 0.0665. The number of benzene rings is 2. The first kappa shape index (κ1) is 17.9. The summed E-state index contributed by atoms with van der Waals surface area (Å²) in [6.45, 7) is -0.0496. The maximum atomic E-state index is 12.6. The molecule has 0 aliphatic carbocycles. The summed E-state index contributed by atoms with van der Waals surface area (Å²) in [6, 6.07) is 11.8. The van der Waals surface area contributed by atoms with Crippen molar-refractivity contribution in [3.63, 3.8) is 0 Å². The van der Waals surface area contributed by atoms with Crippen molar-refractivity contribution in [1.82, 2.24) is 9.55 Å². The van der Waals surface area contributed by atoms with Crippen molar-refractivity contribution < 1.29 is 14.6 Å². The van der Waals surface area contributed by atoms with E-state index in [4.69, 9.17) is 21.4 Å². The lowest BCUT2D eigenvalue weighted by Gasteiger charge is -2.10. The van der Waals surface area contributed by atoms with Gasteiger partial charge < -0.3 is 15.2 Å². The van der Waals surface area contributed by atoms with Crippen LogP contribution in [0.15, 0.2) is 53.6 Å². The van der Waals surface area contributed by atoms with Crippen LogP contribution in [0.25, 0.3) is 10.9 Å². The lowest BCUT2D eigenvalue weighted by atomic mass is 10.2. The number of hydrogen-bond donors (Lipinski definition) is 2. The number of rotatable bonds is 6. The number of fused-ring (bicyclic) bond motifs is 1. The topological polar surface area (TPSA) is 93.5 Å². The first-order chi connectivity index (χ1) is 12.6. The minimum absolute atomic E-state index is 0.246. The molecule has 7 nitrogen and oxygen atoms in total. The van der Waals surface area contributed by atoms with E-state index in [1.54, 1.807) is 36.4 Å². The van der Waals surface area contributed by atoms with E-state index < -0.39 is 12.5 Å². The van der Waals surface area contributed by atoms with E-state index >= 15 is 0 Å². The van der Waals surface area contributed by atoms with Crippen LogP contribution in [0.3, 0.4) is 0 Å². The number of aliphatic hydroxyl groups is 1. The van der Waals surface area contributed by atoms with Crippen LogP contribution in [-0.4, -0.2) is 33.8 Å². The minimum atomic E-state index is -0.629. The number of nitrogens with zero attached hydrogens (tertiary/aromatic N) is 2. The Balaban J connectivity index is 1.77. The van der Waals surface area contributed by atoms with Crippen molar-refractivity contribution in [2.75, 3.05) is 18.5 Å². The highest BCUT2D eigenvalue weighted by molar-refractivity contribution is 6.30. The standard InChI is InChI=1S/C18H16ClN3O4/c19-12-2-1-3-14(8-12)26-7-6-22-11-20-16-5-4-13(21-17(24)10-23)9-15(16)18(22)25/h1-5,8-9,11,23H,6-7,10H2,(H,21,24). The summed E-state index contributed by atoms with van der Waals surface area (Å²) >= 11 is 5.90. The van der Waals surface area contributed by atoms with Gasteiger partial charge in [0.25, 0.3) is 5.56 Å². The summed E-state index contributed by atoms with van der Waals surface area (Å²) in [5.41, 5.74) is 0.692. The van der Waals surface area contributed by atoms with Gasteiger partial charge in [-0.05, 0) is 36.4 Å². The molecule has 26 heavy (non-hydrogen) atoms. The molecule has 0 atom stereocenters. The predicted octanol–water partition coefficient (Wildman–Crippen LogP) is 2.06. The molecule has 1 heterocycles. The molecule has 0 aliphatic heterocycles. The van der Waals surface area contributed by atoms with E-state index in [0.29, 0.717) is 33.9 Å². The van der Waals surface area contributed by atoms with E-state index in [-0.39, 0.29) is 12.2 Å². The fourth-order valence-corrected chi connectivity index (χ4v) is 2.60. The Hall–Kier alpha value is -2.90. The second-order valence-corrected chi connectivity index (χ2v) is 5.92. The number of halogens is 1. The molecule has 0 unspecified atom stereocenters. The van der Waals surface area contributed by atoms with Crippen LogP contribution >= 0.6 is 11.6 Å². The number of ether oxygens (including phenoxy) is 1. The number of aliphatic hydroxyl groups excluding tert-OH is 1. The van der Waals surface area contributed by atoms with Gasteiger partial charge in [0.15, 0.2) is 0 Å². The third-order valence-corrected chi connectivity index (χ3v) is 3.88. The predicted molar refractivity (Wildman–Crippen MR) is 98.7 cm³/mol. The van der Waals surface area contributed by atoms with Crippen LogP contribution < -0.4 is 15.6 Å². The summed E-state index contributed by atoms with van der Waals surface area (Å²) in [7, 11) is 0. The zero-order valence-electron chi connectivity index (χ0n) is 13.7. The summed E-state index contributed by atoms with van der Waals surface area (Å²) in [4.78, 5) is 28.1. The van der Waals surface area contributed by atoms with E-state index in [0.717, 1.165) is 0 Å². The van der Waals surface area contributed by atoms with Gasteiger partial charge in [-0.3, -0.25) is 14.2 Å². The molecular weight excluding hydrogens is 358 g/mol. The van der Waals surface area contributed by atoms with Gasteiger partial charge in [0.1, 0.15) is 19.0 Å². The van der Waals surface area contributed by atoms with Crippen LogP contribution in [0, 0.1) is 0 Å². The molecule has 0 fully saturated rings. The Kier molecular flexibility index (Phi) is 5.50. The SMILES string of the molecule is O=C(CO)Nc1ccc2ncn(CCOc3cccc(Cl)c3)c(=O)c2c1. The molecule has 0 spiro atoms. The van der Waals surface area contributed by atoms with Gasteiger partial charge >= 0.3 is 0 Å². The third-order valence-electron chi connectivity index (χ3n) is 3.65. The first-order valence-corrected chi connectivity index (χ1v) is 8.23. The minimum Gasteiger partial charge on any atom is -0.492 e. The van der Waals surface area contributed by atoms with Gasteiger partial charge in [-0.2, -0.15) is 0 Å². The van der Waals surface area contributed by atoms with Gasteiger partial charge in [-0.25, -0.2) is 4.98 Å². The molecule has 2 N–H and O–H groups in total. The monoisotopic (exact) mass is 373 g/mol. The molecule has 1 aromatic heterocycles. The van der Waals surface area contributed by atoms with Crippen LogP contribution in [0.2, 0.25) is 5.02 Å². The molecule has 0 radical (unpaired) electrons. The lowest BCUT2D eigenvalue weighted by Crippen LogP contribution is -2.24. The van der Waals surface area contributed by atoms with Crippen LogP contribution in [0.4, 0.5) is 5.69 Å². The molecule has 3 rings (SSSR count). The second kappa shape index (κ2) is 7.99. The average Bonchev–Trinajstić information content (AvgIpc) is 2.64.